The van der Waals surface area contributed by atoms with Crippen molar-refractivity contribution in [1.29, 1.82) is 0 Å². The largest absolute Gasteiger partial charge is 0.478 e. The molecule has 0 radical (unpaired) electrons. The lowest BCUT2D eigenvalue weighted by molar-refractivity contribution is 0.0697. The number of nitrogens with one attached hydrogen (secondary N) is 2. The highest BCUT2D eigenvalue weighted by Gasteiger charge is 2.03. The molecule has 4 nitrogen and oxygen atoms in total. The molecule has 3 N–H and O–H groups in total. The summed E-state index contributed by atoms with van der Waals surface area (Å²) in [5, 5.41) is 15.5. The van der Waals surface area contributed by atoms with Gasteiger partial charge in [-0.2, -0.15) is 0 Å². The Morgan fingerprint density at radius 3 is 2.55 bits per heavy atom. The van der Waals surface area contributed by atoms with Gasteiger partial charge in [-0.15, -0.1) is 0 Å². The molecule has 0 heterocycles. The molecule has 5 heteroatoms. The fraction of sp³-hybridized carbons (Fsp3) is 0.0667. The molecule has 0 aliphatic heterocycles. The number of carboxylic acids is 1. The minimum Gasteiger partial charge on any atom is -0.478 e. The molecule has 0 amide bonds. The number of thiocarbonyl (C=S) groups is 1. The molecular weight excluding hydrogens is 272 g/mol. The second kappa shape index (κ2) is 6.68. The minimum absolute atomic E-state index is 0.270. The van der Waals surface area contributed by atoms with Crippen LogP contribution in [0.4, 0.5) is 5.69 Å². The number of carboxylic acid groups (broad SMARTS) is 1. The van der Waals surface area contributed by atoms with Crippen molar-refractivity contribution in [3.05, 3.63) is 65.7 Å². The summed E-state index contributed by atoms with van der Waals surface area (Å²) >= 11 is 5.18. The van der Waals surface area contributed by atoms with Crippen LogP contribution in [0.5, 0.6) is 0 Å². The number of anilines is 1. The highest BCUT2D eigenvalue weighted by atomic mass is 32.1. The number of benzene rings is 2. The van der Waals surface area contributed by atoms with Gasteiger partial charge in [-0.1, -0.05) is 30.3 Å². The molecule has 0 bridgehead atoms. The summed E-state index contributed by atoms with van der Waals surface area (Å²) in [7, 11) is 0. The molecule has 0 saturated carbocycles. The van der Waals surface area contributed by atoms with Gasteiger partial charge in [-0.05, 0) is 42.0 Å². The molecule has 102 valence electrons. The zero-order chi connectivity index (χ0) is 14.4. The third-order valence-electron chi connectivity index (χ3n) is 2.66. The second-order valence-corrected chi connectivity index (χ2v) is 4.59. The Labute approximate surface area is 122 Å². The molecule has 0 saturated heterocycles. The first-order chi connectivity index (χ1) is 9.65. The molecule has 0 fully saturated rings. The molecule has 0 atom stereocenters. The van der Waals surface area contributed by atoms with E-state index in [-0.39, 0.29) is 5.56 Å². The second-order valence-electron chi connectivity index (χ2n) is 4.18. The predicted octanol–water partition coefficient (Wildman–Crippen LogP) is 2.87. The van der Waals surface area contributed by atoms with Crippen LogP contribution < -0.4 is 10.6 Å². The Bertz CT molecular complexity index is 614. The van der Waals surface area contributed by atoms with Gasteiger partial charge in [0.2, 0.25) is 0 Å². The van der Waals surface area contributed by atoms with Crippen molar-refractivity contribution in [2.75, 3.05) is 5.32 Å². The van der Waals surface area contributed by atoms with Crippen LogP contribution in [0.3, 0.4) is 0 Å². The Morgan fingerprint density at radius 1 is 1.10 bits per heavy atom. The van der Waals surface area contributed by atoms with Gasteiger partial charge in [0.1, 0.15) is 0 Å². The molecule has 2 aromatic rings. The molecule has 20 heavy (non-hydrogen) atoms. The van der Waals surface area contributed by atoms with Crippen molar-refractivity contribution >= 4 is 29.0 Å². The maximum atomic E-state index is 10.9. The molecule has 0 aliphatic carbocycles. The molecular formula is C15H14N2O2S. The van der Waals surface area contributed by atoms with E-state index in [9.17, 15) is 4.79 Å². The van der Waals surface area contributed by atoms with Gasteiger partial charge in [0.25, 0.3) is 0 Å². The molecule has 0 aromatic heterocycles. The lowest BCUT2D eigenvalue weighted by Crippen LogP contribution is -2.27. The average molecular weight is 286 g/mol. The third-order valence-corrected chi connectivity index (χ3v) is 2.91. The van der Waals surface area contributed by atoms with E-state index in [4.69, 9.17) is 17.3 Å². The monoisotopic (exact) mass is 286 g/mol. The van der Waals surface area contributed by atoms with Crippen LogP contribution in [0.2, 0.25) is 0 Å². The Kier molecular flexibility index (Phi) is 4.68. The summed E-state index contributed by atoms with van der Waals surface area (Å²) < 4.78 is 0. The molecule has 0 unspecified atom stereocenters. The van der Waals surface area contributed by atoms with Crippen molar-refractivity contribution in [1.82, 2.24) is 5.32 Å². The number of hydrogen-bond acceptors (Lipinski definition) is 2. The smallest absolute Gasteiger partial charge is 0.335 e. The van der Waals surface area contributed by atoms with Gasteiger partial charge in [-0.25, -0.2) is 4.79 Å². The first-order valence-electron chi connectivity index (χ1n) is 6.07. The van der Waals surface area contributed by atoms with E-state index >= 15 is 0 Å². The van der Waals surface area contributed by atoms with E-state index < -0.39 is 5.97 Å². The maximum Gasteiger partial charge on any atom is 0.335 e. The zero-order valence-electron chi connectivity index (χ0n) is 10.7. The van der Waals surface area contributed by atoms with Gasteiger partial charge in [0, 0.05) is 12.2 Å². The first-order valence-corrected chi connectivity index (χ1v) is 6.48. The van der Waals surface area contributed by atoms with Gasteiger partial charge >= 0.3 is 5.97 Å². The fourth-order valence-electron chi connectivity index (χ4n) is 1.69. The summed E-state index contributed by atoms with van der Waals surface area (Å²) in [6.45, 7) is 0.472. The standard InChI is InChI=1S/C15H14N2O2S/c18-14(19)12-6-4-5-11(9-12)10-16-15(20)17-13-7-2-1-3-8-13/h1-9H,10H2,(H,18,19)(H2,16,17,20). The van der Waals surface area contributed by atoms with E-state index in [0.717, 1.165) is 11.3 Å². The van der Waals surface area contributed by atoms with Crippen molar-refractivity contribution < 1.29 is 9.90 Å². The van der Waals surface area contributed by atoms with Crippen molar-refractivity contribution in [2.45, 2.75) is 6.54 Å². The summed E-state index contributed by atoms with van der Waals surface area (Å²) in [4.78, 5) is 10.9. The van der Waals surface area contributed by atoms with Gasteiger partial charge in [0.05, 0.1) is 5.56 Å². The topological polar surface area (TPSA) is 61.4 Å². The number of hydrogen-bond donors (Lipinski definition) is 3. The molecule has 0 spiro atoms. The normalized spacial score (nSPS) is 9.80. The summed E-state index contributed by atoms with van der Waals surface area (Å²) in [5.74, 6) is -0.933. The maximum absolute atomic E-state index is 10.9. The minimum atomic E-state index is -0.933. The van der Waals surface area contributed by atoms with E-state index in [1.807, 2.05) is 36.4 Å². The Morgan fingerprint density at radius 2 is 1.85 bits per heavy atom. The lowest BCUT2D eigenvalue weighted by atomic mass is 10.1. The van der Waals surface area contributed by atoms with E-state index in [2.05, 4.69) is 10.6 Å². The summed E-state index contributed by atoms with van der Waals surface area (Å²) in [6.07, 6.45) is 0. The summed E-state index contributed by atoms with van der Waals surface area (Å²) in [5.41, 5.74) is 2.04. The van der Waals surface area contributed by atoms with Crippen LogP contribution in [-0.2, 0) is 6.54 Å². The third kappa shape index (κ3) is 4.07. The van der Waals surface area contributed by atoms with Crippen LogP contribution in [0, 0.1) is 0 Å². The quantitative estimate of drug-likeness (QED) is 0.754. The van der Waals surface area contributed by atoms with E-state index in [0.29, 0.717) is 11.7 Å². The zero-order valence-corrected chi connectivity index (χ0v) is 11.5. The number of aromatic carboxylic acids is 1. The van der Waals surface area contributed by atoms with Gasteiger partial charge in [0.15, 0.2) is 5.11 Å². The van der Waals surface area contributed by atoms with Crippen LogP contribution in [0.25, 0.3) is 0 Å². The van der Waals surface area contributed by atoms with Crippen LogP contribution in [-0.4, -0.2) is 16.2 Å². The van der Waals surface area contributed by atoms with E-state index in [1.165, 1.54) is 0 Å². The number of carbonyl (C=O) groups is 1. The van der Waals surface area contributed by atoms with Crippen LogP contribution >= 0.6 is 12.2 Å². The predicted molar refractivity (Wildman–Crippen MR) is 82.9 cm³/mol. The van der Waals surface area contributed by atoms with Crippen LogP contribution in [0.15, 0.2) is 54.6 Å². The summed E-state index contributed by atoms with van der Waals surface area (Å²) in [6, 6.07) is 16.4. The van der Waals surface area contributed by atoms with E-state index in [1.54, 1.807) is 18.2 Å². The van der Waals surface area contributed by atoms with Crippen molar-refractivity contribution in [3.8, 4) is 0 Å². The number of rotatable bonds is 4. The van der Waals surface area contributed by atoms with Crippen molar-refractivity contribution in [3.63, 3.8) is 0 Å². The molecule has 0 aliphatic rings. The Hall–Kier alpha value is -2.40. The van der Waals surface area contributed by atoms with Gasteiger partial charge < -0.3 is 15.7 Å². The highest BCUT2D eigenvalue weighted by molar-refractivity contribution is 7.80. The average Bonchev–Trinajstić information content (AvgIpc) is 2.46. The lowest BCUT2D eigenvalue weighted by Gasteiger charge is -2.10. The first kappa shape index (κ1) is 14.0. The van der Waals surface area contributed by atoms with Crippen LogP contribution in [0.1, 0.15) is 15.9 Å². The Balaban J connectivity index is 1.90. The number of para-hydroxylation sites is 1. The fourth-order valence-corrected chi connectivity index (χ4v) is 1.88. The molecule has 2 rings (SSSR count). The molecule has 2 aromatic carbocycles. The van der Waals surface area contributed by atoms with Gasteiger partial charge in [-0.3, -0.25) is 0 Å². The van der Waals surface area contributed by atoms with Crippen molar-refractivity contribution in [2.24, 2.45) is 0 Å². The SMILES string of the molecule is O=C(O)c1cccc(CNC(=S)Nc2ccccc2)c1. The highest BCUT2D eigenvalue weighted by Crippen LogP contribution is 2.07.